The summed E-state index contributed by atoms with van der Waals surface area (Å²) in [5.74, 6) is 2.23. The lowest BCUT2D eigenvalue weighted by Crippen LogP contribution is -2.40. The molecule has 0 saturated carbocycles. The number of alkyl halides is 3. The number of thioether (sulfide) groups is 1. The smallest absolute Gasteiger partial charge is 0.417 e. The average Bonchev–Trinajstić information content (AvgIpc) is 2.85. The summed E-state index contributed by atoms with van der Waals surface area (Å²) in [6.07, 6.45) is -0.556. The van der Waals surface area contributed by atoms with Crippen molar-refractivity contribution in [2.24, 2.45) is 5.92 Å². The molecule has 1 aromatic carbocycles. The van der Waals surface area contributed by atoms with E-state index in [1.807, 2.05) is 18.2 Å². The first-order valence-electron chi connectivity index (χ1n) is 10.7. The first-order chi connectivity index (χ1) is 16.4. The van der Waals surface area contributed by atoms with Crippen LogP contribution in [0.1, 0.15) is 18.4 Å². The SMILES string of the molecule is O=C(Oc1ccc(Oc2ccc(C(F)(F)F)cn2)cc1)N1CCC(CSc2ccccn2)CC1. The van der Waals surface area contributed by atoms with Crippen molar-refractivity contribution in [2.45, 2.75) is 24.0 Å². The number of rotatable bonds is 6. The number of likely N-dealkylation sites (tertiary alicyclic amines) is 1. The third-order valence-corrected chi connectivity index (χ3v) is 6.47. The second-order valence-electron chi connectivity index (χ2n) is 7.73. The van der Waals surface area contributed by atoms with Gasteiger partial charge in [0.2, 0.25) is 5.88 Å². The van der Waals surface area contributed by atoms with E-state index in [4.69, 9.17) is 9.47 Å². The average molecular weight is 490 g/mol. The summed E-state index contributed by atoms with van der Waals surface area (Å²) in [6, 6.07) is 14.2. The number of pyridine rings is 2. The van der Waals surface area contributed by atoms with Crippen LogP contribution >= 0.6 is 11.8 Å². The van der Waals surface area contributed by atoms with Gasteiger partial charge in [0.25, 0.3) is 0 Å². The van der Waals surface area contributed by atoms with Crippen LogP contribution in [0.3, 0.4) is 0 Å². The molecule has 3 aromatic rings. The molecular weight excluding hydrogens is 467 g/mol. The van der Waals surface area contributed by atoms with Gasteiger partial charge in [0.15, 0.2) is 0 Å². The largest absolute Gasteiger partial charge is 0.439 e. The maximum atomic E-state index is 12.6. The van der Waals surface area contributed by atoms with Crippen molar-refractivity contribution < 1.29 is 27.4 Å². The molecule has 6 nitrogen and oxygen atoms in total. The van der Waals surface area contributed by atoms with E-state index in [1.165, 1.54) is 0 Å². The minimum absolute atomic E-state index is 0.0295. The van der Waals surface area contributed by atoms with Gasteiger partial charge in [0, 0.05) is 37.3 Å². The zero-order chi connectivity index (χ0) is 24.0. The lowest BCUT2D eigenvalue weighted by molar-refractivity contribution is -0.137. The molecule has 3 heterocycles. The highest BCUT2D eigenvalue weighted by molar-refractivity contribution is 7.99. The second kappa shape index (κ2) is 10.8. The van der Waals surface area contributed by atoms with Gasteiger partial charge in [-0.2, -0.15) is 13.2 Å². The molecule has 1 aliphatic rings. The highest BCUT2D eigenvalue weighted by Gasteiger charge is 2.30. The fraction of sp³-hybridized carbons (Fsp3) is 0.292. The Hall–Kier alpha value is -3.27. The Morgan fingerprint density at radius 3 is 2.35 bits per heavy atom. The lowest BCUT2D eigenvalue weighted by Gasteiger charge is -2.31. The summed E-state index contributed by atoms with van der Waals surface area (Å²) in [6.45, 7) is 1.26. The molecular formula is C24H22F3N3O3S. The standard InChI is InChI=1S/C24H22F3N3O3S/c25-24(26,27)18-4-9-21(29-15-18)32-19-5-7-20(8-6-19)33-23(31)30-13-10-17(11-14-30)16-34-22-3-1-2-12-28-22/h1-9,12,15,17H,10-11,13-14,16H2. The molecule has 34 heavy (non-hydrogen) atoms. The number of aromatic nitrogens is 2. The Balaban J connectivity index is 1.22. The number of carbonyl (C=O) groups excluding carboxylic acids is 1. The zero-order valence-corrected chi connectivity index (χ0v) is 18.9. The summed E-state index contributed by atoms with van der Waals surface area (Å²) in [7, 11) is 0. The zero-order valence-electron chi connectivity index (χ0n) is 18.1. The minimum Gasteiger partial charge on any atom is -0.439 e. The summed E-state index contributed by atoms with van der Waals surface area (Å²) in [4.78, 5) is 22.2. The molecule has 178 valence electrons. The van der Waals surface area contributed by atoms with E-state index in [2.05, 4.69) is 9.97 Å². The first-order valence-corrected chi connectivity index (χ1v) is 11.7. The number of halogens is 3. The molecule has 1 fully saturated rings. The van der Waals surface area contributed by atoms with Crippen molar-refractivity contribution in [1.29, 1.82) is 0 Å². The molecule has 0 aliphatic carbocycles. The van der Waals surface area contributed by atoms with E-state index in [9.17, 15) is 18.0 Å². The third-order valence-electron chi connectivity index (χ3n) is 5.29. The fourth-order valence-corrected chi connectivity index (χ4v) is 4.44. The van der Waals surface area contributed by atoms with Crippen molar-refractivity contribution in [3.8, 4) is 17.4 Å². The molecule has 1 amide bonds. The number of hydrogen-bond acceptors (Lipinski definition) is 6. The Bertz CT molecular complexity index is 1070. The van der Waals surface area contributed by atoms with Gasteiger partial charge in [-0.3, -0.25) is 0 Å². The van der Waals surface area contributed by atoms with E-state index in [-0.39, 0.29) is 5.88 Å². The van der Waals surface area contributed by atoms with Crippen LogP contribution in [0.25, 0.3) is 0 Å². The van der Waals surface area contributed by atoms with Gasteiger partial charge in [-0.15, -0.1) is 11.8 Å². The highest BCUT2D eigenvalue weighted by atomic mass is 32.2. The quantitative estimate of drug-likeness (QED) is 0.379. The van der Waals surface area contributed by atoms with Crippen LogP contribution in [0.5, 0.6) is 17.4 Å². The van der Waals surface area contributed by atoms with E-state index in [1.54, 1.807) is 47.1 Å². The van der Waals surface area contributed by atoms with Crippen molar-refractivity contribution in [3.05, 3.63) is 72.6 Å². The van der Waals surface area contributed by atoms with Gasteiger partial charge in [0.1, 0.15) is 11.5 Å². The normalized spacial score (nSPS) is 14.6. The molecule has 0 N–H and O–H groups in total. The maximum Gasteiger partial charge on any atom is 0.417 e. The number of hydrogen-bond donors (Lipinski definition) is 0. The van der Waals surface area contributed by atoms with E-state index >= 15 is 0 Å². The van der Waals surface area contributed by atoms with E-state index < -0.39 is 17.8 Å². The van der Waals surface area contributed by atoms with Gasteiger partial charge in [-0.25, -0.2) is 14.8 Å². The second-order valence-corrected chi connectivity index (χ2v) is 8.77. The Labute approximate surface area is 199 Å². The van der Waals surface area contributed by atoms with Crippen molar-refractivity contribution in [1.82, 2.24) is 14.9 Å². The van der Waals surface area contributed by atoms with Gasteiger partial charge in [-0.1, -0.05) is 6.07 Å². The molecule has 1 aliphatic heterocycles. The topological polar surface area (TPSA) is 64.6 Å². The van der Waals surface area contributed by atoms with Crippen LogP contribution in [0.15, 0.2) is 72.0 Å². The first kappa shape index (κ1) is 23.9. The van der Waals surface area contributed by atoms with Gasteiger partial charge in [-0.05, 0) is 61.2 Å². The van der Waals surface area contributed by atoms with Crippen LogP contribution < -0.4 is 9.47 Å². The molecule has 0 atom stereocenters. The predicted molar refractivity (Wildman–Crippen MR) is 121 cm³/mol. The molecule has 0 unspecified atom stereocenters. The summed E-state index contributed by atoms with van der Waals surface area (Å²) in [5.41, 5.74) is -0.849. The number of ether oxygens (including phenoxy) is 2. The Morgan fingerprint density at radius 1 is 1.00 bits per heavy atom. The highest BCUT2D eigenvalue weighted by Crippen LogP contribution is 2.30. The molecule has 10 heteroatoms. The molecule has 1 saturated heterocycles. The lowest BCUT2D eigenvalue weighted by atomic mass is 9.99. The van der Waals surface area contributed by atoms with Crippen LogP contribution in [0, 0.1) is 5.92 Å². The molecule has 0 bridgehead atoms. The number of benzene rings is 1. The fourth-order valence-electron chi connectivity index (χ4n) is 3.39. The maximum absolute atomic E-state index is 12.6. The summed E-state index contributed by atoms with van der Waals surface area (Å²) >= 11 is 1.73. The Kier molecular flexibility index (Phi) is 7.56. The van der Waals surface area contributed by atoms with Gasteiger partial charge >= 0.3 is 12.3 Å². The molecule has 0 radical (unpaired) electrons. The van der Waals surface area contributed by atoms with Crippen LogP contribution in [-0.2, 0) is 6.18 Å². The van der Waals surface area contributed by atoms with E-state index in [0.29, 0.717) is 36.7 Å². The minimum atomic E-state index is -4.45. The van der Waals surface area contributed by atoms with Crippen molar-refractivity contribution >= 4 is 17.9 Å². The van der Waals surface area contributed by atoms with Gasteiger partial charge in [0.05, 0.1) is 10.6 Å². The van der Waals surface area contributed by atoms with Crippen molar-refractivity contribution in [3.63, 3.8) is 0 Å². The molecule has 4 rings (SSSR count). The van der Waals surface area contributed by atoms with Crippen LogP contribution in [0.4, 0.5) is 18.0 Å². The number of carbonyl (C=O) groups is 1. The number of piperidine rings is 1. The summed E-state index contributed by atoms with van der Waals surface area (Å²) < 4.78 is 48.8. The third kappa shape index (κ3) is 6.63. The van der Waals surface area contributed by atoms with Crippen molar-refractivity contribution in [2.75, 3.05) is 18.8 Å². The Morgan fingerprint density at radius 2 is 1.74 bits per heavy atom. The molecule has 2 aromatic heterocycles. The van der Waals surface area contributed by atoms with Gasteiger partial charge < -0.3 is 14.4 Å². The monoisotopic (exact) mass is 489 g/mol. The van der Waals surface area contributed by atoms with Crippen LogP contribution in [0.2, 0.25) is 0 Å². The predicted octanol–water partition coefficient (Wildman–Crippen LogP) is 6.29. The summed E-state index contributed by atoms with van der Waals surface area (Å²) in [5, 5.41) is 1.01. The van der Waals surface area contributed by atoms with Crippen LogP contribution in [-0.4, -0.2) is 39.8 Å². The van der Waals surface area contributed by atoms with E-state index in [0.717, 1.165) is 35.8 Å². The molecule has 0 spiro atoms. The number of nitrogens with zero attached hydrogens (tertiary/aromatic N) is 3. The number of amides is 1.